The molecule has 1 aromatic carbocycles. The molecule has 79 valence electrons. The Labute approximate surface area is 86.5 Å². The predicted octanol–water partition coefficient (Wildman–Crippen LogP) is 2.75. The maximum atomic E-state index is 12.7. The van der Waals surface area contributed by atoms with Gasteiger partial charge in [-0.15, -0.1) is 0 Å². The molecule has 0 unspecified atom stereocenters. The molecule has 1 fully saturated rings. The molecule has 1 aromatic rings. The molecule has 15 heavy (non-hydrogen) atoms. The van der Waals surface area contributed by atoms with Gasteiger partial charge in [0, 0.05) is 5.92 Å². The first-order valence-electron chi connectivity index (χ1n) is 4.77. The minimum atomic E-state index is -0.869. The summed E-state index contributed by atoms with van der Waals surface area (Å²) in [6.07, 6.45) is 5.01. The molecule has 0 N–H and O–H groups in total. The van der Waals surface area contributed by atoms with E-state index < -0.39 is 11.6 Å². The zero-order valence-electron chi connectivity index (χ0n) is 8.04. The minimum absolute atomic E-state index is 0.136. The number of nitrogens with zero attached hydrogens (tertiary/aromatic N) is 1. The highest BCUT2D eigenvalue weighted by atomic mass is 19.2. The van der Waals surface area contributed by atoms with Crippen LogP contribution < -0.4 is 0 Å². The average molecular weight is 210 g/mol. The normalized spacial score (nSPS) is 15.9. The monoisotopic (exact) mass is 210 g/mol. The fraction of sp³-hybridized carbons (Fsp3) is 0.364. The number of benzene rings is 1. The van der Waals surface area contributed by atoms with Gasteiger partial charge in [0.05, 0.1) is 0 Å². The van der Waals surface area contributed by atoms with Crippen LogP contribution in [0.5, 0.6) is 0 Å². The lowest BCUT2D eigenvalue weighted by atomic mass is 10.2. The molecule has 1 aliphatic rings. The van der Waals surface area contributed by atoms with E-state index in [0.29, 0.717) is 11.5 Å². The summed E-state index contributed by atoms with van der Waals surface area (Å²) >= 11 is 0. The van der Waals surface area contributed by atoms with Gasteiger partial charge in [0.1, 0.15) is 12.8 Å². The summed E-state index contributed by atoms with van der Waals surface area (Å²) in [5.41, 5.74) is 0.551. The van der Waals surface area contributed by atoms with Crippen LogP contribution in [0.1, 0.15) is 18.4 Å². The van der Waals surface area contributed by atoms with E-state index in [4.69, 9.17) is 4.84 Å². The van der Waals surface area contributed by atoms with Crippen molar-refractivity contribution in [3.05, 3.63) is 35.4 Å². The topological polar surface area (TPSA) is 21.6 Å². The molecule has 4 heteroatoms. The zero-order valence-corrected chi connectivity index (χ0v) is 8.04. The van der Waals surface area contributed by atoms with E-state index >= 15 is 0 Å². The largest absolute Gasteiger partial charge is 0.391 e. The van der Waals surface area contributed by atoms with Crippen LogP contribution in [-0.4, -0.2) is 6.21 Å². The minimum Gasteiger partial charge on any atom is -0.391 e. The molecule has 2 rings (SSSR count). The number of halogens is 2. The van der Waals surface area contributed by atoms with Crippen molar-refractivity contribution in [2.24, 2.45) is 11.1 Å². The van der Waals surface area contributed by atoms with Gasteiger partial charge >= 0.3 is 0 Å². The molecule has 0 spiro atoms. The van der Waals surface area contributed by atoms with Gasteiger partial charge in [-0.3, -0.25) is 0 Å². The molecule has 1 saturated carbocycles. The highest BCUT2D eigenvalue weighted by Gasteiger charge is 2.19. The van der Waals surface area contributed by atoms with Crippen LogP contribution in [0.15, 0.2) is 23.4 Å². The second kappa shape index (κ2) is 4.38. The standard InChI is InChI=1S/C11H10F2NO/c12-10-4-3-9(5-11(10)13)7-15-14-6-8-1-2-8/h3-5,8H,1-2,7H2. The first-order chi connectivity index (χ1) is 7.25. The summed E-state index contributed by atoms with van der Waals surface area (Å²) in [4.78, 5) is 4.89. The van der Waals surface area contributed by atoms with Gasteiger partial charge in [0.25, 0.3) is 0 Å². The van der Waals surface area contributed by atoms with E-state index in [2.05, 4.69) is 11.4 Å². The highest BCUT2D eigenvalue weighted by Crippen LogP contribution is 2.26. The molecule has 0 bridgehead atoms. The first kappa shape index (κ1) is 10.1. The third-order valence-electron chi connectivity index (χ3n) is 2.09. The smallest absolute Gasteiger partial charge is 0.159 e. The molecular weight excluding hydrogens is 200 g/mol. The summed E-state index contributed by atoms with van der Waals surface area (Å²) in [6.45, 7) is 0.136. The SMILES string of the molecule is Fc1ccc(CO/N=[C]\C2CC2)cc1F. The molecule has 0 aromatic heterocycles. The lowest BCUT2D eigenvalue weighted by Crippen LogP contribution is -1.91. The van der Waals surface area contributed by atoms with Crippen LogP contribution in [0, 0.1) is 17.6 Å². The Morgan fingerprint density at radius 1 is 1.33 bits per heavy atom. The Hall–Kier alpha value is -1.45. The quantitative estimate of drug-likeness (QED) is 0.553. The Morgan fingerprint density at radius 3 is 2.80 bits per heavy atom. The van der Waals surface area contributed by atoms with Crippen molar-refractivity contribution in [1.29, 1.82) is 0 Å². The van der Waals surface area contributed by atoms with Gasteiger partial charge in [-0.2, -0.15) is 0 Å². The van der Waals surface area contributed by atoms with E-state index in [-0.39, 0.29) is 6.61 Å². The summed E-state index contributed by atoms with van der Waals surface area (Å²) in [6, 6.07) is 3.63. The summed E-state index contributed by atoms with van der Waals surface area (Å²) < 4.78 is 25.3. The molecule has 0 atom stereocenters. The van der Waals surface area contributed by atoms with Crippen LogP contribution >= 0.6 is 0 Å². The lowest BCUT2D eigenvalue weighted by Gasteiger charge is -1.99. The van der Waals surface area contributed by atoms with E-state index in [9.17, 15) is 8.78 Å². The molecule has 0 saturated heterocycles. The lowest BCUT2D eigenvalue weighted by molar-refractivity contribution is 0.131. The van der Waals surface area contributed by atoms with Gasteiger partial charge in [-0.25, -0.2) is 8.78 Å². The van der Waals surface area contributed by atoms with E-state index in [1.807, 2.05) is 0 Å². The highest BCUT2D eigenvalue weighted by molar-refractivity contribution is 5.62. The number of rotatable bonds is 4. The molecule has 0 amide bonds. The Balaban J connectivity index is 1.84. The van der Waals surface area contributed by atoms with Crippen LogP contribution in [-0.2, 0) is 11.4 Å². The predicted molar refractivity (Wildman–Crippen MR) is 51.3 cm³/mol. The van der Waals surface area contributed by atoms with Crippen molar-refractivity contribution in [1.82, 2.24) is 0 Å². The summed E-state index contributed by atoms with van der Waals surface area (Å²) in [5, 5.41) is 3.61. The van der Waals surface area contributed by atoms with Gasteiger partial charge in [-0.1, -0.05) is 11.2 Å². The molecule has 0 heterocycles. The zero-order chi connectivity index (χ0) is 10.7. The second-order valence-electron chi connectivity index (χ2n) is 3.52. The van der Waals surface area contributed by atoms with Crippen LogP contribution in [0.3, 0.4) is 0 Å². The van der Waals surface area contributed by atoms with Crippen molar-refractivity contribution < 1.29 is 13.6 Å². The fourth-order valence-electron chi connectivity index (χ4n) is 1.06. The third-order valence-corrected chi connectivity index (χ3v) is 2.09. The maximum Gasteiger partial charge on any atom is 0.159 e. The molecular formula is C11H10F2NO. The van der Waals surface area contributed by atoms with Crippen LogP contribution in [0.4, 0.5) is 8.78 Å². The van der Waals surface area contributed by atoms with Crippen molar-refractivity contribution in [2.45, 2.75) is 19.4 Å². The summed E-state index contributed by atoms with van der Waals surface area (Å²) in [5.74, 6) is -1.30. The Kier molecular flexibility index (Phi) is 2.94. The van der Waals surface area contributed by atoms with Crippen LogP contribution in [0.2, 0.25) is 0 Å². The van der Waals surface area contributed by atoms with E-state index in [1.54, 1.807) is 0 Å². The van der Waals surface area contributed by atoms with Crippen molar-refractivity contribution in [2.75, 3.05) is 0 Å². The first-order valence-corrected chi connectivity index (χ1v) is 4.77. The molecule has 1 radical (unpaired) electrons. The number of hydrogen-bond donors (Lipinski definition) is 0. The molecule has 0 aliphatic heterocycles. The molecule has 2 nitrogen and oxygen atoms in total. The van der Waals surface area contributed by atoms with E-state index in [1.165, 1.54) is 6.07 Å². The van der Waals surface area contributed by atoms with Crippen molar-refractivity contribution in [3.8, 4) is 0 Å². The van der Waals surface area contributed by atoms with Gasteiger partial charge in [0.15, 0.2) is 11.6 Å². The van der Waals surface area contributed by atoms with Gasteiger partial charge in [-0.05, 0) is 30.5 Å². The van der Waals surface area contributed by atoms with Crippen molar-refractivity contribution >= 4 is 6.21 Å². The third kappa shape index (κ3) is 3.01. The van der Waals surface area contributed by atoms with Gasteiger partial charge in [0.2, 0.25) is 0 Å². The van der Waals surface area contributed by atoms with Crippen LogP contribution in [0.25, 0.3) is 0 Å². The molecule has 1 aliphatic carbocycles. The second-order valence-corrected chi connectivity index (χ2v) is 3.52. The Morgan fingerprint density at radius 2 is 2.13 bits per heavy atom. The van der Waals surface area contributed by atoms with E-state index in [0.717, 1.165) is 25.0 Å². The Bertz CT molecular complexity index is 375. The summed E-state index contributed by atoms with van der Waals surface area (Å²) in [7, 11) is 0. The maximum absolute atomic E-state index is 12.7. The number of hydrogen-bond acceptors (Lipinski definition) is 2. The fourth-order valence-corrected chi connectivity index (χ4v) is 1.06. The van der Waals surface area contributed by atoms with Crippen molar-refractivity contribution in [3.63, 3.8) is 0 Å². The van der Waals surface area contributed by atoms with Gasteiger partial charge < -0.3 is 4.84 Å². The average Bonchev–Trinajstić information content (AvgIpc) is 3.02.